The van der Waals surface area contributed by atoms with E-state index in [-0.39, 0.29) is 0 Å². The Morgan fingerprint density at radius 3 is 2.39 bits per heavy atom. The number of aromatic nitrogens is 1. The van der Waals surface area contributed by atoms with Crippen molar-refractivity contribution >= 4 is 16.6 Å². The van der Waals surface area contributed by atoms with Crippen molar-refractivity contribution in [1.29, 1.82) is 0 Å². The fourth-order valence-corrected chi connectivity index (χ4v) is 1.96. The summed E-state index contributed by atoms with van der Waals surface area (Å²) in [5.41, 5.74) is 6.57. The van der Waals surface area contributed by atoms with Crippen molar-refractivity contribution in [3.05, 3.63) is 60.7 Å². The molecule has 0 amide bonds. The summed E-state index contributed by atoms with van der Waals surface area (Å²) >= 11 is 0. The van der Waals surface area contributed by atoms with Gasteiger partial charge in [0.25, 0.3) is 0 Å². The summed E-state index contributed by atoms with van der Waals surface area (Å²) in [7, 11) is 0. The van der Waals surface area contributed by atoms with E-state index < -0.39 is 0 Å². The average molecular weight is 235 g/mol. The lowest BCUT2D eigenvalue weighted by Crippen LogP contribution is -2.05. The Kier molecular flexibility index (Phi) is 2.67. The van der Waals surface area contributed by atoms with Gasteiger partial charge in [-0.1, -0.05) is 36.4 Å². The van der Waals surface area contributed by atoms with Gasteiger partial charge in [-0.2, -0.15) is 0 Å². The molecule has 0 saturated carbocycles. The van der Waals surface area contributed by atoms with E-state index in [1.807, 2.05) is 48.5 Å². The van der Waals surface area contributed by atoms with Gasteiger partial charge in [-0.15, -0.1) is 0 Å². The van der Waals surface area contributed by atoms with Gasteiger partial charge in [0.05, 0.1) is 11.2 Å². The van der Waals surface area contributed by atoms with Crippen molar-refractivity contribution < 1.29 is 0 Å². The molecule has 0 spiro atoms. The third kappa shape index (κ3) is 1.92. The highest BCUT2D eigenvalue weighted by Crippen LogP contribution is 2.22. The molecular weight excluding hydrogens is 222 g/mol. The lowest BCUT2D eigenvalue weighted by Gasteiger charge is -2.04. The second-order valence-electron chi connectivity index (χ2n) is 4.11. The number of hydrogen-bond acceptors (Lipinski definition) is 3. The zero-order valence-electron chi connectivity index (χ0n) is 9.80. The molecule has 1 aromatic heterocycles. The second-order valence-corrected chi connectivity index (χ2v) is 4.11. The second kappa shape index (κ2) is 4.47. The maximum absolute atomic E-state index is 5.35. The van der Waals surface area contributed by atoms with Gasteiger partial charge in [0.15, 0.2) is 0 Å². The normalized spacial score (nSPS) is 10.5. The summed E-state index contributed by atoms with van der Waals surface area (Å²) in [6, 6.07) is 20.1. The fraction of sp³-hybridized carbons (Fsp3) is 0. The quantitative estimate of drug-likeness (QED) is 0.530. The van der Waals surface area contributed by atoms with Gasteiger partial charge in [0, 0.05) is 16.6 Å². The van der Waals surface area contributed by atoms with Crippen LogP contribution in [0.2, 0.25) is 0 Å². The fourth-order valence-electron chi connectivity index (χ4n) is 1.96. The number of pyridine rings is 1. The number of rotatable bonds is 2. The van der Waals surface area contributed by atoms with E-state index in [4.69, 9.17) is 5.84 Å². The molecule has 0 aliphatic carbocycles. The molecule has 0 atom stereocenters. The molecule has 3 nitrogen and oxygen atoms in total. The summed E-state index contributed by atoms with van der Waals surface area (Å²) < 4.78 is 0. The Labute approximate surface area is 105 Å². The first-order valence-corrected chi connectivity index (χ1v) is 5.80. The SMILES string of the molecule is NNc1ccc(-c2ccc3ccccc3n2)cc1. The highest BCUT2D eigenvalue weighted by Gasteiger charge is 2.01. The minimum absolute atomic E-state index is 0.888. The van der Waals surface area contributed by atoms with Gasteiger partial charge >= 0.3 is 0 Å². The van der Waals surface area contributed by atoms with Crippen LogP contribution in [0.5, 0.6) is 0 Å². The average Bonchev–Trinajstić information content (AvgIpc) is 2.47. The number of anilines is 1. The van der Waals surface area contributed by atoms with Gasteiger partial charge in [-0.05, 0) is 24.3 Å². The molecule has 0 saturated heterocycles. The minimum Gasteiger partial charge on any atom is -0.324 e. The molecule has 3 heteroatoms. The van der Waals surface area contributed by atoms with Crippen LogP contribution < -0.4 is 11.3 Å². The summed E-state index contributed by atoms with van der Waals surface area (Å²) in [6.07, 6.45) is 0. The maximum Gasteiger partial charge on any atom is 0.0709 e. The highest BCUT2D eigenvalue weighted by atomic mass is 15.2. The molecule has 0 aliphatic heterocycles. The van der Waals surface area contributed by atoms with Crippen LogP contribution in [0, 0.1) is 0 Å². The molecule has 0 bridgehead atoms. The van der Waals surface area contributed by atoms with E-state index in [0.29, 0.717) is 0 Å². The van der Waals surface area contributed by atoms with Crippen molar-refractivity contribution in [3.8, 4) is 11.3 Å². The third-order valence-electron chi connectivity index (χ3n) is 2.95. The first kappa shape index (κ1) is 10.7. The van der Waals surface area contributed by atoms with Gasteiger partial charge in [0.2, 0.25) is 0 Å². The van der Waals surface area contributed by atoms with Crippen molar-refractivity contribution in [2.45, 2.75) is 0 Å². The van der Waals surface area contributed by atoms with Crippen LogP contribution in [0.25, 0.3) is 22.2 Å². The topological polar surface area (TPSA) is 50.9 Å². The first-order valence-electron chi connectivity index (χ1n) is 5.80. The Balaban J connectivity index is 2.07. The van der Waals surface area contributed by atoms with E-state index in [1.165, 1.54) is 0 Å². The van der Waals surface area contributed by atoms with Crippen LogP contribution in [0.1, 0.15) is 0 Å². The van der Waals surface area contributed by atoms with E-state index in [2.05, 4.69) is 22.5 Å². The van der Waals surface area contributed by atoms with Crippen molar-refractivity contribution in [2.24, 2.45) is 5.84 Å². The molecule has 0 fully saturated rings. The molecule has 18 heavy (non-hydrogen) atoms. The Hall–Kier alpha value is -2.39. The van der Waals surface area contributed by atoms with Crippen LogP contribution in [0.15, 0.2) is 60.7 Å². The van der Waals surface area contributed by atoms with Gasteiger partial charge in [0.1, 0.15) is 0 Å². The minimum atomic E-state index is 0.888. The summed E-state index contributed by atoms with van der Waals surface area (Å²) in [6.45, 7) is 0. The molecule has 0 aliphatic rings. The van der Waals surface area contributed by atoms with Gasteiger partial charge in [-0.25, -0.2) is 4.98 Å². The Morgan fingerprint density at radius 1 is 0.833 bits per heavy atom. The van der Waals surface area contributed by atoms with Crippen molar-refractivity contribution in [3.63, 3.8) is 0 Å². The maximum atomic E-state index is 5.35. The lowest BCUT2D eigenvalue weighted by atomic mass is 10.1. The number of para-hydroxylation sites is 1. The third-order valence-corrected chi connectivity index (χ3v) is 2.95. The molecule has 0 unspecified atom stereocenters. The summed E-state index contributed by atoms with van der Waals surface area (Å²) in [5, 5.41) is 1.15. The summed E-state index contributed by atoms with van der Waals surface area (Å²) in [4.78, 5) is 4.65. The zero-order valence-corrected chi connectivity index (χ0v) is 9.80. The van der Waals surface area contributed by atoms with Gasteiger partial charge in [-0.3, -0.25) is 5.84 Å². The number of hydrogen-bond donors (Lipinski definition) is 2. The largest absolute Gasteiger partial charge is 0.324 e. The molecule has 1 heterocycles. The molecular formula is C15H13N3. The van der Waals surface area contributed by atoms with E-state index in [9.17, 15) is 0 Å². The number of nitrogens with two attached hydrogens (primary N) is 1. The van der Waals surface area contributed by atoms with Crippen LogP contribution in [0.3, 0.4) is 0 Å². The lowest BCUT2D eigenvalue weighted by molar-refractivity contribution is 1.34. The zero-order chi connectivity index (χ0) is 12.4. The number of nitrogens with one attached hydrogen (secondary N) is 1. The molecule has 0 radical (unpaired) electrons. The Bertz CT molecular complexity index is 675. The van der Waals surface area contributed by atoms with Crippen LogP contribution in [0.4, 0.5) is 5.69 Å². The standard InChI is InChI=1S/C15H13N3/c16-18-13-8-5-12(6-9-13)15-10-7-11-3-1-2-4-14(11)17-15/h1-10,18H,16H2. The van der Waals surface area contributed by atoms with Crippen LogP contribution in [-0.4, -0.2) is 4.98 Å². The predicted octanol–water partition coefficient (Wildman–Crippen LogP) is 3.19. The number of nitrogens with zero attached hydrogens (tertiary/aromatic N) is 1. The number of benzene rings is 2. The van der Waals surface area contributed by atoms with E-state index >= 15 is 0 Å². The van der Waals surface area contributed by atoms with E-state index in [0.717, 1.165) is 27.8 Å². The van der Waals surface area contributed by atoms with E-state index in [1.54, 1.807) is 0 Å². The molecule has 3 rings (SSSR count). The molecule has 2 aromatic carbocycles. The molecule has 3 aromatic rings. The number of nitrogen functional groups attached to an aromatic ring is 1. The smallest absolute Gasteiger partial charge is 0.0709 e. The van der Waals surface area contributed by atoms with Crippen molar-refractivity contribution in [1.82, 2.24) is 4.98 Å². The van der Waals surface area contributed by atoms with Crippen molar-refractivity contribution in [2.75, 3.05) is 5.43 Å². The monoisotopic (exact) mass is 235 g/mol. The molecule has 3 N–H and O–H groups in total. The van der Waals surface area contributed by atoms with Crippen LogP contribution in [-0.2, 0) is 0 Å². The highest BCUT2D eigenvalue weighted by molar-refractivity contribution is 5.81. The predicted molar refractivity (Wildman–Crippen MR) is 75.0 cm³/mol. The Morgan fingerprint density at radius 2 is 1.61 bits per heavy atom. The summed E-state index contributed by atoms with van der Waals surface area (Å²) in [5.74, 6) is 5.35. The number of fused-ring (bicyclic) bond motifs is 1. The van der Waals surface area contributed by atoms with Crippen LogP contribution >= 0.6 is 0 Å². The number of hydrazine groups is 1. The first-order chi connectivity index (χ1) is 8.86. The molecule has 88 valence electrons. The van der Waals surface area contributed by atoms with Gasteiger partial charge < -0.3 is 5.43 Å².